The van der Waals surface area contributed by atoms with Gasteiger partial charge in [0, 0.05) is 0 Å². The molecule has 0 heterocycles. The highest BCUT2D eigenvalue weighted by Crippen LogP contribution is 2.45. The molecule has 224 valence electrons. The number of aliphatic hydroxyl groups is 2. The highest BCUT2D eigenvalue weighted by molar-refractivity contribution is 6.32. The van der Waals surface area contributed by atoms with Gasteiger partial charge in [0.05, 0.1) is 10.0 Å². The number of phenols is 1. The van der Waals surface area contributed by atoms with Crippen LogP contribution in [-0.2, 0) is 14.4 Å². The zero-order valence-electron chi connectivity index (χ0n) is 21.2. The second kappa shape index (κ2) is 13.2. The van der Waals surface area contributed by atoms with E-state index in [1.165, 1.54) is 36.4 Å². The van der Waals surface area contributed by atoms with Gasteiger partial charge in [0.2, 0.25) is 5.75 Å². The number of aromatic hydroxyl groups is 1. The SMILES string of the molecule is NC(C(=O)O)c1cc(Oc2ccc(C(O)C(N)C(=O)O)cc2Cl)c(O)c(Oc2ccc(C(O)C(N)C(=O)O)cc2Cl)c1. The molecule has 3 aromatic rings. The lowest BCUT2D eigenvalue weighted by Crippen LogP contribution is -2.36. The summed E-state index contributed by atoms with van der Waals surface area (Å²) in [6.45, 7) is 0. The summed E-state index contributed by atoms with van der Waals surface area (Å²) in [5, 5.41) is 58.5. The molecule has 12 N–H and O–H groups in total. The van der Waals surface area contributed by atoms with Gasteiger partial charge in [-0.25, -0.2) is 0 Å². The van der Waals surface area contributed by atoms with E-state index in [9.17, 15) is 34.8 Å². The molecule has 0 aliphatic rings. The first kappa shape index (κ1) is 32.4. The molecule has 0 bridgehead atoms. The minimum Gasteiger partial charge on any atom is -0.502 e. The van der Waals surface area contributed by atoms with Gasteiger partial charge < -0.3 is 57.3 Å². The molecule has 0 aliphatic carbocycles. The van der Waals surface area contributed by atoms with Gasteiger partial charge in [-0.3, -0.25) is 14.4 Å². The molecule has 0 aliphatic heterocycles. The van der Waals surface area contributed by atoms with Crippen LogP contribution in [0.2, 0.25) is 10.0 Å². The highest BCUT2D eigenvalue weighted by Gasteiger charge is 2.27. The fourth-order valence-corrected chi connectivity index (χ4v) is 4.02. The lowest BCUT2D eigenvalue weighted by Gasteiger charge is -2.19. The first-order chi connectivity index (χ1) is 19.6. The number of hydrogen-bond acceptors (Lipinski definition) is 11. The lowest BCUT2D eigenvalue weighted by atomic mass is 10.0. The number of ether oxygens (including phenoxy) is 2. The van der Waals surface area contributed by atoms with Gasteiger partial charge in [-0.15, -0.1) is 0 Å². The van der Waals surface area contributed by atoms with E-state index >= 15 is 0 Å². The van der Waals surface area contributed by atoms with E-state index in [2.05, 4.69) is 0 Å². The average molecular weight is 626 g/mol. The molecule has 3 aromatic carbocycles. The van der Waals surface area contributed by atoms with Crippen molar-refractivity contribution in [2.45, 2.75) is 30.3 Å². The predicted molar refractivity (Wildman–Crippen MR) is 147 cm³/mol. The topological polar surface area (TPSA) is 269 Å². The van der Waals surface area contributed by atoms with Crippen LogP contribution in [0, 0.1) is 0 Å². The Morgan fingerprint density at radius 2 is 1.00 bits per heavy atom. The number of hydrogen-bond donors (Lipinski definition) is 9. The minimum absolute atomic E-state index is 0.0599. The summed E-state index contributed by atoms with van der Waals surface area (Å²) in [4.78, 5) is 33.7. The first-order valence-corrected chi connectivity index (χ1v) is 12.5. The number of carbonyl (C=O) groups is 3. The third-order valence-electron chi connectivity index (χ3n) is 5.97. The van der Waals surface area contributed by atoms with Crippen molar-refractivity contribution in [1.29, 1.82) is 0 Å². The van der Waals surface area contributed by atoms with E-state index < -0.39 is 54.0 Å². The maximum atomic E-state index is 11.6. The number of halogens is 2. The third-order valence-corrected chi connectivity index (χ3v) is 6.56. The Morgan fingerprint density at radius 3 is 1.31 bits per heavy atom. The van der Waals surface area contributed by atoms with Crippen molar-refractivity contribution in [2.75, 3.05) is 0 Å². The Bertz CT molecular complexity index is 1420. The predicted octanol–water partition coefficient (Wildman–Crippen LogP) is 2.26. The number of benzene rings is 3. The van der Waals surface area contributed by atoms with E-state index in [4.69, 9.17) is 60.1 Å². The van der Waals surface area contributed by atoms with Gasteiger partial charge in [-0.1, -0.05) is 35.3 Å². The monoisotopic (exact) mass is 625 g/mol. The van der Waals surface area contributed by atoms with Crippen LogP contribution in [0.3, 0.4) is 0 Å². The Morgan fingerprint density at radius 1 is 0.619 bits per heavy atom. The van der Waals surface area contributed by atoms with Crippen LogP contribution < -0.4 is 26.7 Å². The van der Waals surface area contributed by atoms with Gasteiger partial charge in [0.1, 0.15) is 41.8 Å². The van der Waals surface area contributed by atoms with Gasteiger partial charge >= 0.3 is 17.9 Å². The average Bonchev–Trinajstić information content (AvgIpc) is 2.94. The molecular weight excluding hydrogens is 601 g/mol. The van der Waals surface area contributed by atoms with E-state index in [-0.39, 0.29) is 49.7 Å². The van der Waals surface area contributed by atoms with Gasteiger partial charge in [-0.05, 0) is 53.1 Å². The van der Waals surface area contributed by atoms with Gasteiger partial charge in [-0.2, -0.15) is 0 Å². The Hall–Kier alpha value is -4.15. The summed E-state index contributed by atoms with van der Waals surface area (Å²) >= 11 is 12.5. The van der Waals surface area contributed by atoms with Crippen molar-refractivity contribution in [1.82, 2.24) is 0 Å². The Kier molecular flexibility index (Phi) is 10.2. The number of nitrogens with two attached hydrogens (primary N) is 3. The lowest BCUT2D eigenvalue weighted by molar-refractivity contribution is -0.142. The molecule has 5 atom stereocenters. The van der Waals surface area contributed by atoms with Crippen molar-refractivity contribution in [3.63, 3.8) is 0 Å². The number of carboxylic acids is 3. The number of phenolic OH excluding ortho intramolecular Hbond substituents is 1. The minimum atomic E-state index is -1.64. The molecule has 0 radical (unpaired) electrons. The van der Waals surface area contributed by atoms with Crippen LogP contribution in [0.15, 0.2) is 48.5 Å². The van der Waals surface area contributed by atoms with Crippen LogP contribution in [0.25, 0.3) is 0 Å². The standard InChI is InChI=1S/C26H25Cl2N3O11/c27-12-5-9(21(32)19(30)25(37)38)1-3-14(12)41-16-7-11(18(29)24(35)36)8-17(23(16)34)42-15-4-2-10(6-13(15)28)22(33)20(31)26(39)40/h1-8,18-22,32-34H,29-31H2,(H,35,36)(H,37,38)(H,39,40). The van der Waals surface area contributed by atoms with Crippen LogP contribution in [-0.4, -0.2) is 60.6 Å². The summed E-state index contributed by atoms with van der Waals surface area (Å²) in [5.74, 6) is -5.85. The zero-order chi connectivity index (χ0) is 31.5. The Labute approximate surface area is 247 Å². The number of aliphatic hydroxyl groups excluding tert-OH is 2. The maximum Gasteiger partial charge on any atom is 0.325 e. The second-order valence-corrected chi connectivity index (χ2v) is 9.70. The fraction of sp³-hybridized carbons (Fsp3) is 0.192. The maximum absolute atomic E-state index is 11.6. The zero-order valence-corrected chi connectivity index (χ0v) is 22.7. The molecule has 0 saturated heterocycles. The molecule has 5 unspecified atom stereocenters. The quantitative estimate of drug-likeness (QED) is 0.140. The smallest absolute Gasteiger partial charge is 0.325 e. The molecule has 14 nitrogen and oxygen atoms in total. The number of rotatable bonds is 12. The normalized spacial score (nSPS) is 14.7. The summed E-state index contributed by atoms with van der Waals surface area (Å²) in [7, 11) is 0. The molecule has 0 fully saturated rings. The van der Waals surface area contributed by atoms with Crippen LogP contribution in [0.5, 0.6) is 28.7 Å². The van der Waals surface area contributed by atoms with Crippen LogP contribution in [0.4, 0.5) is 0 Å². The third kappa shape index (κ3) is 7.18. The molecule has 42 heavy (non-hydrogen) atoms. The van der Waals surface area contributed by atoms with Crippen molar-refractivity contribution in [2.24, 2.45) is 17.2 Å². The van der Waals surface area contributed by atoms with Crippen molar-refractivity contribution < 1.29 is 54.5 Å². The van der Waals surface area contributed by atoms with Crippen LogP contribution >= 0.6 is 23.2 Å². The van der Waals surface area contributed by atoms with Crippen molar-refractivity contribution in [3.8, 4) is 28.7 Å². The second-order valence-electron chi connectivity index (χ2n) is 8.88. The van der Waals surface area contributed by atoms with Gasteiger partial charge in [0.25, 0.3) is 0 Å². The van der Waals surface area contributed by atoms with Crippen LogP contribution in [0.1, 0.15) is 34.9 Å². The molecule has 0 spiro atoms. The van der Waals surface area contributed by atoms with Crippen molar-refractivity contribution in [3.05, 3.63) is 75.3 Å². The van der Waals surface area contributed by atoms with E-state index in [1.54, 1.807) is 0 Å². The molecule has 16 heteroatoms. The van der Waals surface area contributed by atoms with E-state index in [0.717, 1.165) is 12.1 Å². The molecule has 0 amide bonds. The highest BCUT2D eigenvalue weighted by atomic mass is 35.5. The molecule has 0 saturated carbocycles. The summed E-state index contributed by atoms with van der Waals surface area (Å²) in [6, 6.07) is 4.83. The summed E-state index contributed by atoms with van der Waals surface area (Å²) in [6.07, 6.45) is -3.20. The first-order valence-electron chi connectivity index (χ1n) is 11.7. The molecular formula is C26H25Cl2N3O11. The van der Waals surface area contributed by atoms with Crippen molar-refractivity contribution >= 4 is 41.1 Å². The van der Waals surface area contributed by atoms with E-state index in [0.29, 0.717) is 0 Å². The largest absolute Gasteiger partial charge is 0.502 e. The molecule has 0 aromatic heterocycles. The number of aliphatic carboxylic acids is 3. The fourth-order valence-electron chi connectivity index (χ4n) is 3.57. The Balaban J connectivity index is 1.99. The van der Waals surface area contributed by atoms with E-state index in [1.807, 2.05) is 0 Å². The van der Waals surface area contributed by atoms with Gasteiger partial charge in [0.15, 0.2) is 11.5 Å². The summed E-state index contributed by atoms with van der Waals surface area (Å²) in [5.41, 5.74) is 16.7. The molecule has 3 rings (SSSR count). The number of carboxylic acid groups (broad SMARTS) is 3. The summed E-state index contributed by atoms with van der Waals surface area (Å²) < 4.78 is 11.4.